The van der Waals surface area contributed by atoms with E-state index in [4.69, 9.17) is 0 Å². The van der Waals surface area contributed by atoms with Crippen LogP contribution in [0.1, 0.15) is 76.2 Å². The van der Waals surface area contributed by atoms with Crippen LogP contribution in [0.5, 0.6) is 0 Å². The van der Waals surface area contributed by atoms with Crippen LogP contribution < -0.4 is 0 Å². The number of hydrogen-bond donors (Lipinski definition) is 1. The van der Waals surface area contributed by atoms with Crippen LogP contribution in [0.2, 0.25) is 0 Å². The summed E-state index contributed by atoms with van der Waals surface area (Å²) in [6, 6.07) is 3.41. The van der Waals surface area contributed by atoms with E-state index in [0.717, 1.165) is 24.8 Å². The molecule has 3 atom stereocenters. The number of benzene rings is 1. The molecule has 25 heavy (non-hydrogen) atoms. The molecule has 0 saturated heterocycles. The number of ketones is 3. The predicted molar refractivity (Wildman–Crippen MR) is 93.1 cm³/mol. The fraction of sp³-hybridized carbons (Fsp3) is 0.476. The second kappa shape index (κ2) is 5.21. The number of hydrogen-bond acceptors (Lipinski definition) is 4. The maximum Gasteiger partial charge on any atom is 0.186 e. The molecule has 1 fully saturated rings. The molecular formula is C21H22O4. The Bertz CT molecular complexity index is 850. The zero-order chi connectivity index (χ0) is 18.0. The Morgan fingerprint density at radius 3 is 2.28 bits per heavy atom. The van der Waals surface area contributed by atoms with Gasteiger partial charge in [-0.15, -0.1) is 0 Å². The van der Waals surface area contributed by atoms with E-state index in [2.05, 4.69) is 13.8 Å². The molecule has 1 saturated carbocycles. The molecule has 0 aromatic heterocycles. The quantitative estimate of drug-likeness (QED) is 0.853. The molecule has 3 aliphatic carbocycles. The molecule has 1 N–H and O–H groups in total. The van der Waals surface area contributed by atoms with Crippen molar-refractivity contribution in [3.8, 4) is 0 Å². The number of aliphatic hydroxyl groups excluding tert-OH is 1. The molecule has 4 rings (SSSR count). The Labute approximate surface area is 146 Å². The van der Waals surface area contributed by atoms with Crippen molar-refractivity contribution in [3.05, 3.63) is 46.5 Å². The highest BCUT2D eigenvalue weighted by molar-refractivity contribution is 6.23. The first-order valence-electron chi connectivity index (χ1n) is 8.89. The number of fused-ring (bicyclic) bond motifs is 4. The largest absolute Gasteiger partial charge is 0.396 e. The number of rotatable bonds is 1. The van der Waals surface area contributed by atoms with Gasteiger partial charge in [0, 0.05) is 29.7 Å². The van der Waals surface area contributed by atoms with Gasteiger partial charge in [0.1, 0.15) is 0 Å². The van der Waals surface area contributed by atoms with Gasteiger partial charge >= 0.3 is 0 Å². The summed E-state index contributed by atoms with van der Waals surface area (Å²) in [7, 11) is 0. The molecule has 0 aliphatic heterocycles. The van der Waals surface area contributed by atoms with Gasteiger partial charge in [0.05, 0.1) is 0 Å². The Morgan fingerprint density at radius 1 is 1.00 bits per heavy atom. The summed E-state index contributed by atoms with van der Waals surface area (Å²) in [4.78, 5) is 37.3. The van der Waals surface area contributed by atoms with Gasteiger partial charge in [-0.3, -0.25) is 14.4 Å². The van der Waals surface area contributed by atoms with Crippen LogP contribution in [0.4, 0.5) is 0 Å². The van der Waals surface area contributed by atoms with E-state index in [-0.39, 0.29) is 40.7 Å². The smallest absolute Gasteiger partial charge is 0.186 e. The maximum absolute atomic E-state index is 12.9. The Kier molecular flexibility index (Phi) is 3.42. The molecule has 1 aromatic rings. The second-order valence-corrected chi connectivity index (χ2v) is 8.27. The molecule has 0 amide bonds. The fourth-order valence-corrected chi connectivity index (χ4v) is 5.30. The highest BCUT2D eigenvalue weighted by Gasteiger charge is 2.53. The Morgan fingerprint density at radius 2 is 1.64 bits per heavy atom. The molecule has 3 aliphatic rings. The maximum atomic E-state index is 12.9. The van der Waals surface area contributed by atoms with Crippen molar-refractivity contribution in [2.24, 2.45) is 11.3 Å². The van der Waals surface area contributed by atoms with Crippen molar-refractivity contribution in [2.75, 3.05) is 6.61 Å². The summed E-state index contributed by atoms with van der Waals surface area (Å²) < 4.78 is 0. The Hall–Kier alpha value is -2.07. The molecule has 0 unspecified atom stereocenters. The third-order valence-electron chi connectivity index (χ3n) is 6.80. The van der Waals surface area contributed by atoms with Crippen molar-refractivity contribution in [1.82, 2.24) is 0 Å². The molecule has 4 nitrogen and oxygen atoms in total. The van der Waals surface area contributed by atoms with Crippen LogP contribution in [0, 0.1) is 11.3 Å². The summed E-state index contributed by atoms with van der Waals surface area (Å²) in [6.07, 6.45) is 5.76. The van der Waals surface area contributed by atoms with Crippen molar-refractivity contribution in [2.45, 2.75) is 44.9 Å². The number of carbonyl (C=O) groups excluding carboxylic acids is 3. The standard InChI is InChI=1S/C21H22O4/c1-20(11-22)6-3-7-21(2)15-9-13-12(16(23)4-5-17(13)24)8-14(15)18(25)10-19(20)21/h4-5,8-9,19,22H,3,6-7,10-11H2,1-2H3/t19-,20-,21-/m1/s1. The first kappa shape index (κ1) is 16.4. The van der Waals surface area contributed by atoms with E-state index in [1.54, 1.807) is 12.1 Å². The lowest BCUT2D eigenvalue weighted by Crippen LogP contribution is -2.52. The minimum atomic E-state index is -0.296. The lowest BCUT2D eigenvalue weighted by molar-refractivity contribution is -0.0142. The SMILES string of the molecule is C[C@]1(CO)CCC[C@]2(C)c3cc4c(cc3C(=O)C[C@H]12)C(=O)C=CC4=O. The topological polar surface area (TPSA) is 71.4 Å². The van der Waals surface area contributed by atoms with E-state index in [0.29, 0.717) is 23.1 Å². The third-order valence-corrected chi connectivity index (χ3v) is 6.80. The average Bonchev–Trinajstić information content (AvgIpc) is 2.60. The minimum Gasteiger partial charge on any atom is -0.396 e. The van der Waals surface area contributed by atoms with Gasteiger partial charge in [-0.05, 0) is 59.4 Å². The van der Waals surface area contributed by atoms with Crippen LogP contribution in [-0.4, -0.2) is 29.1 Å². The summed E-state index contributed by atoms with van der Waals surface area (Å²) in [5, 5.41) is 9.99. The molecular weight excluding hydrogens is 316 g/mol. The van der Waals surface area contributed by atoms with Gasteiger partial charge in [0.15, 0.2) is 17.3 Å². The van der Waals surface area contributed by atoms with Gasteiger partial charge in [-0.1, -0.05) is 20.3 Å². The van der Waals surface area contributed by atoms with Crippen LogP contribution in [0.15, 0.2) is 24.3 Å². The van der Waals surface area contributed by atoms with E-state index >= 15 is 0 Å². The van der Waals surface area contributed by atoms with Crippen LogP contribution in [-0.2, 0) is 5.41 Å². The van der Waals surface area contributed by atoms with Gasteiger partial charge in [0.25, 0.3) is 0 Å². The van der Waals surface area contributed by atoms with Crippen molar-refractivity contribution in [3.63, 3.8) is 0 Å². The monoisotopic (exact) mass is 338 g/mol. The van der Waals surface area contributed by atoms with Crippen molar-refractivity contribution < 1.29 is 19.5 Å². The summed E-state index contributed by atoms with van der Waals surface area (Å²) in [5.41, 5.74) is 1.63. The molecule has 1 aromatic carbocycles. The molecule has 0 radical (unpaired) electrons. The van der Waals surface area contributed by atoms with Gasteiger partial charge in [-0.25, -0.2) is 0 Å². The van der Waals surface area contributed by atoms with Crippen LogP contribution >= 0.6 is 0 Å². The van der Waals surface area contributed by atoms with Crippen LogP contribution in [0.25, 0.3) is 0 Å². The molecule has 4 heteroatoms. The number of carbonyl (C=O) groups is 3. The fourth-order valence-electron chi connectivity index (χ4n) is 5.30. The number of aliphatic hydroxyl groups is 1. The van der Waals surface area contributed by atoms with E-state index in [1.165, 1.54) is 12.2 Å². The summed E-state index contributed by atoms with van der Waals surface area (Å²) >= 11 is 0. The minimum absolute atomic E-state index is 0.0108. The van der Waals surface area contributed by atoms with E-state index in [9.17, 15) is 19.5 Å². The normalized spacial score (nSPS) is 33.7. The number of Topliss-reactive ketones (excluding diaryl/α,β-unsaturated/α-hetero) is 1. The van der Waals surface area contributed by atoms with Gasteiger partial charge in [0.2, 0.25) is 0 Å². The first-order chi connectivity index (χ1) is 11.8. The Balaban J connectivity index is 1.95. The predicted octanol–water partition coefficient (Wildman–Crippen LogP) is 3.26. The first-order valence-corrected chi connectivity index (χ1v) is 8.89. The van der Waals surface area contributed by atoms with E-state index < -0.39 is 0 Å². The highest BCUT2D eigenvalue weighted by Crippen LogP contribution is 2.57. The zero-order valence-electron chi connectivity index (χ0n) is 14.6. The van der Waals surface area contributed by atoms with E-state index in [1.807, 2.05) is 0 Å². The van der Waals surface area contributed by atoms with Crippen LogP contribution in [0.3, 0.4) is 0 Å². The second-order valence-electron chi connectivity index (χ2n) is 8.27. The summed E-state index contributed by atoms with van der Waals surface area (Å²) in [6.45, 7) is 4.26. The molecule has 0 bridgehead atoms. The summed E-state index contributed by atoms with van der Waals surface area (Å²) in [5.74, 6) is -0.351. The number of allylic oxidation sites excluding steroid dienone is 2. The zero-order valence-corrected chi connectivity index (χ0v) is 14.6. The lowest BCUT2D eigenvalue weighted by Gasteiger charge is -2.54. The lowest BCUT2D eigenvalue weighted by atomic mass is 9.49. The third kappa shape index (κ3) is 2.13. The average molecular weight is 338 g/mol. The van der Waals surface area contributed by atoms with Gasteiger partial charge in [-0.2, -0.15) is 0 Å². The van der Waals surface area contributed by atoms with Crippen molar-refractivity contribution >= 4 is 17.3 Å². The molecule has 0 heterocycles. The molecule has 0 spiro atoms. The van der Waals surface area contributed by atoms with Crippen molar-refractivity contribution in [1.29, 1.82) is 0 Å². The molecule has 130 valence electrons. The highest BCUT2D eigenvalue weighted by atomic mass is 16.3. The van der Waals surface area contributed by atoms with Gasteiger partial charge < -0.3 is 5.11 Å².